The number of piperidine rings is 1. The normalized spacial score (nSPS) is 14.2. The van der Waals surface area contributed by atoms with Crippen LogP contribution in [0.3, 0.4) is 0 Å². The maximum atomic E-state index is 13.5. The molecule has 1 saturated heterocycles. The van der Waals surface area contributed by atoms with E-state index in [-0.39, 0.29) is 42.0 Å². The molecule has 0 atom stereocenters. The highest BCUT2D eigenvalue weighted by Crippen LogP contribution is 2.38. The molecule has 0 radical (unpaired) electrons. The van der Waals surface area contributed by atoms with Crippen molar-refractivity contribution in [3.8, 4) is 5.75 Å². The highest BCUT2D eigenvalue weighted by Gasteiger charge is 2.37. The molecule has 0 unspecified atom stereocenters. The van der Waals surface area contributed by atoms with Gasteiger partial charge in [0.05, 0.1) is 31.9 Å². The molecule has 10 nitrogen and oxygen atoms in total. The topological polar surface area (TPSA) is 122 Å². The fourth-order valence-electron chi connectivity index (χ4n) is 4.56. The molecule has 10 heteroatoms. The Morgan fingerprint density at radius 1 is 0.974 bits per heavy atom. The third-order valence-corrected chi connectivity index (χ3v) is 6.26. The summed E-state index contributed by atoms with van der Waals surface area (Å²) in [7, 11) is 1.59. The lowest BCUT2D eigenvalue weighted by atomic mass is 9.96. The number of ether oxygens (including phenoxy) is 4. The molecule has 1 aliphatic rings. The van der Waals surface area contributed by atoms with E-state index in [2.05, 4.69) is 0 Å². The van der Waals surface area contributed by atoms with Crippen LogP contribution in [0.15, 0.2) is 24.3 Å². The summed E-state index contributed by atoms with van der Waals surface area (Å²) in [6.45, 7) is 10.5. The van der Waals surface area contributed by atoms with Gasteiger partial charge in [-0.2, -0.15) is 0 Å². The number of carbonyl (C=O) groups excluding carboxylic acids is 3. The molecule has 208 valence electrons. The summed E-state index contributed by atoms with van der Waals surface area (Å²) in [5.74, 6) is -0.546. The van der Waals surface area contributed by atoms with Crippen molar-refractivity contribution in [3.63, 3.8) is 0 Å². The van der Waals surface area contributed by atoms with Crippen LogP contribution in [0.1, 0.15) is 73.9 Å². The lowest BCUT2D eigenvalue weighted by Gasteiger charge is -2.34. The maximum Gasteiger partial charge on any atom is 0.357 e. The van der Waals surface area contributed by atoms with Crippen molar-refractivity contribution in [2.45, 2.75) is 59.6 Å². The molecular formula is C28H39N3O7. The minimum Gasteiger partial charge on any atom is -0.497 e. The lowest BCUT2D eigenvalue weighted by molar-refractivity contribution is -0.148. The van der Waals surface area contributed by atoms with Crippen molar-refractivity contribution in [2.75, 3.05) is 44.0 Å². The Bertz CT molecular complexity index is 1140. The number of hydrogen-bond acceptors (Lipinski definition) is 9. The maximum absolute atomic E-state index is 13.5. The number of nitrogens with zero attached hydrogens (tertiary/aromatic N) is 2. The highest BCUT2D eigenvalue weighted by molar-refractivity contribution is 6.08. The Morgan fingerprint density at radius 3 is 2.11 bits per heavy atom. The number of nitrogen functional groups attached to an aromatic ring is 1. The fraction of sp³-hybridized carbons (Fsp3) is 0.536. The van der Waals surface area contributed by atoms with Gasteiger partial charge in [0.15, 0.2) is 5.69 Å². The van der Waals surface area contributed by atoms with Gasteiger partial charge in [0.25, 0.3) is 0 Å². The smallest absolute Gasteiger partial charge is 0.357 e. The standard InChI is InChI=1S/C28H39N3O7/c1-7-36-25(32)19-13-15-30(16-14-19)24-21(26(33)38-28(3,4)5)22(29)23(27(34)37-8-2)31(24)17-18-9-11-20(35-6)12-10-18/h9-12,19H,7-8,13-17,29H2,1-6H3. The molecule has 0 spiro atoms. The molecule has 0 aliphatic carbocycles. The van der Waals surface area contributed by atoms with E-state index in [0.717, 1.165) is 5.56 Å². The fourth-order valence-corrected chi connectivity index (χ4v) is 4.56. The van der Waals surface area contributed by atoms with E-state index in [1.807, 2.05) is 29.2 Å². The number of hydrogen-bond donors (Lipinski definition) is 1. The molecular weight excluding hydrogens is 490 g/mol. The van der Waals surface area contributed by atoms with Crippen LogP contribution in [-0.4, -0.2) is 61.5 Å². The SMILES string of the molecule is CCOC(=O)c1c(N)c(C(=O)OC(C)(C)C)c(N2CCC(C(=O)OCC)CC2)n1Cc1ccc(OC)cc1. The van der Waals surface area contributed by atoms with Crippen molar-refractivity contribution >= 4 is 29.4 Å². The summed E-state index contributed by atoms with van der Waals surface area (Å²) in [5, 5.41) is 0. The molecule has 2 heterocycles. The molecule has 0 bridgehead atoms. The zero-order chi connectivity index (χ0) is 28.0. The number of carbonyl (C=O) groups is 3. The third kappa shape index (κ3) is 6.59. The number of aromatic nitrogens is 1. The molecule has 0 saturated carbocycles. The average Bonchev–Trinajstić information content (AvgIpc) is 3.15. The summed E-state index contributed by atoms with van der Waals surface area (Å²) in [5.41, 5.74) is 6.84. The lowest BCUT2D eigenvalue weighted by Crippen LogP contribution is -2.39. The van der Waals surface area contributed by atoms with Crippen molar-refractivity contribution in [2.24, 2.45) is 5.92 Å². The molecule has 1 aliphatic heterocycles. The minimum absolute atomic E-state index is 0.00808. The Balaban J connectivity index is 2.13. The molecule has 2 aromatic rings. The van der Waals surface area contributed by atoms with E-state index in [9.17, 15) is 14.4 Å². The average molecular weight is 530 g/mol. The Hall–Kier alpha value is -3.69. The number of esters is 3. The van der Waals surface area contributed by atoms with E-state index in [1.54, 1.807) is 46.3 Å². The second kappa shape index (κ2) is 12.2. The van der Waals surface area contributed by atoms with E-state index in [4.69, 9.17) is 24.7 Å². The predicted octanol–water partition coefficient (Wildman–Crippen LogP) is 4.04. The summed E-state index contributed by atoms with van der Waals surface area (Å²) in [4.78, 5) is 41.0. The first kappa shape index (κ1) is 28.9. The van der Waals surface area contributed by atoms with Crippen molar-refractivity contribution < 1.29 is 33.3 Å². The van der Waals surface area contributed by atoms with Crippen LogP contribution in [0.2, 0.25) is 0 Å². The zero-order valence-corrected chi connectivity index (χ0v) is 23.2. The summed E-state index contributed by atoms with van der Waals surface area (Å²) < 4.78 is 23.3. The molecule has 0 amide bonds. The van der Waals surface area contributed by atoms with Crippen LogP contribution in [0.25, 0.3) is 0 Å². The van der Waals surface area contributed by atoms with E-state index >= 15 is 0 Å². The van der Waals surface area contributed by atoms with Gasteiger partial charge in [-0.15, -0.1) is 0 Å². The van der Waals surface area contributed by atoms with Gasteiger partial charge < -0.3 is 34.1 Å². The van der Waals surface area contributed by atoms with Gasteiger partial charge in [0.1, 0.15) is 22.7 Å². The largest absolute Gasteiger partial charge is 0.497 e. The van der Waals surface area contributed by atoms with Gasteiger partial charge in [0.2, 0.25) is 0 Å². The minimum atomic E-state index is -0.778. The Morgan fingerprint density at radius 2 is 1.58 bits per heavy atom. The van der Waals surface area contributed by atoms with Crippen molar-refractivity contribution in [3.05, 3.63) is 41.1 Å². The first-order valence-corrected chi connectivity index (χ1v) is 13.0. The van der Waals surface area contributed by atoms with Crippen LogP contribution >= 0.6 is 0 Å². The molecule has 1 aromatic heterocycles. The van der Waals surface area contributed by atoms with Gasteiger partial charge in [-0.25, -0.2) is 9.59 Å². The number of anilines is 2. The van der Waals surface area contributed by atoms with Crippen LogP contribution in [0, 0.1) is 5.92 Å². The first-order chi connectivity index (χ1) is 18.0. The zero-order valence-electron chi connectivity index (χ0n) is 23.2. The van der Waals surface area contributed by atoms with Gasteiger partial charge in [-0.1, -0.05) is 12.1 Å². The molecule has 1 fully saturated rings. The summed E-state index contributed by atoms with van der Waals surface area (Å²) in [6, 6.07) is 7.42. The number of benzene rings is 1. The van der Waals surface area contributed by atoms with Crippen molar-refractivity contribution in [1.82, 2.24) is 4.57 Å². The first-order valence-electron chi connectivity index (χ1n) is 13.0. The highest BCUT2D eigenvalue weighted by atomic mass is 16.6. The number of nitrogens with two attached hydrogens (primary N) is 1. The van der Waals surface area contributed by atoms with Crippen molar-refractivity contribution in [1.29, 1.82) is 0 Å². The summed E-state index contributed by atoms with van der Waals surface area (Å²) in [6.07, 6.45) is 1.07. The van der Waals surface area contributed by atoms with Crippen LogP contribution in [0.5, 0.6) is 5.75 Å². The van der Waals surface area contributed by atoms with Crippen LogP contribution < -0.4 is 15.4 Å². The number of methoxy groups -OCH3 is 1. The van der Waals surface area contributed by atoms with Gasteiger partial charge in [0, 0.05) is 19.6 Å². The van der Waals surface area contributed by atoms with Gasteiger partial charge >= 0.3 is 17.9 Å². The molecule has 3 rings (SSSR count). The molecule has 1 aromatic carbocycles. The van der Waals surface area contributed by atoms with Crippen LogP contribution in [0.4, 0.5) is 11.5 Å². The van der Waals surface area contributed by atoms with Crippen LogP contribution in [-0.2, 0) is 25.5 Å². The predicted molar refractivity (Wildman–Crippen MR) is 144 cm³/mol. The van der Waals surface area contributed by atoms with Gasteiger partial charge in [-0.3, -0.25) is 4.79 Å². The van der Waals surface area contributed by atoms with E-state index in [0.29, 0.717) is 44.1 Å². The van der Waals surface area contributed by atoms with Gasteiger partial charge in [-0.05, 0) is 65.2 Å². The van der Waals surface area contributed by atoms with E-state index in [1.165, 1.54) is 0 Å². The number of rotatable bonds is 9. The third-order valence-electron chi connectivity index (χ3n) is 6.26. The second-order valence-corrected chi connectivity index (χ2v) is 10.1. The second-order valence-electron chi connectivity index (χ2n) is 10.1. The molecule has 2 N–H and O–H groups in total. The summed E-state index contributed by atoms with van der Waals surface area (Å²) >= 11 is 0. The quantitative estimate of drug-likeness (QED) is 0.379. The molecule has 38 heavy (non-hydrogen) atoms. The monoisotopic (exact) mass is 529 g/mol. The van der Waals surface area contributed by atoms with E-state index < -0.39 is 17.5 Å². The Kier molecular flexibility index (Phi) is 9.30. The Labute approximate surface area is 224 Å².